The second-order valence-electron chi connectivity index (χ2n) is 12.9. The van der Waals surface area contributed by atoms with Crippen molar-refractivity contribution < 1.29 is 9.79 Å². The third-order valence-corrected chi connectivity index (χ3v) is 19.7. The Balaban J connectivity index is 0. The maximum atomic E-state index is 10.2. The van der Waals surface area contributed by atoms with E-state index in [1.54, 1.807) is 79.6 Å². The van der Waals surface area contributed by atoms with E-state index in [0.29, 0.717) is 5.30 Å². The Hall–Kier alpha value is 0.430. The second-order valence-corrected chi connectivity index (χ2v) is 22.9. The van der Waals surface area contributed by atoms with E-state index in [-0.39, 0.29) is 0 Å². The van der Waals surface area contributed by atoms with E-state index in [2.05, 4.69) is 55.4 Å². The Morgan fingerprint density at radius 1 is 0.395 bits per heavy atom. The summed E-state index contributed by atoms with van der Waals surface area (Å²) in [4.78, 5) is 20.5. The Kier molecular flexibility index (Phi) is 34.3. The molecule has 0 N–H and O–H groups in total. The van der Waals surface area contributed by atoms with Gasteiger partial charge in [0.1, 0.15) is 0 Å². The molecule has 5 heteroatoms. The zero-order valence-electron chi connectivity index (χ0n) is 30.5. The summed E-state index contributed by atoms with van der Waals surface area (Å²) >= 11 is 0. The van der Waals surface area contributed by atoms with Gasteiger partial charge in [-0.05, 0) is 51.4 Å². The molecule has 0 aromatic heterocycles. The number of unbranched alkanes of at least 4 members (excludes halogenated alkanes) is 8. The van der Waals surface area contributed by atoms with E-state index in [4.69, 9.17) is 0 Å². The lowest BCUT2D eigenvalue weighted by atomic mass is 10.4. The van der Waals surface area contributed by atoms with Gasteiger partial charge in [0.05, 0.1) is 49.3 Å². The van der Waals surface area contributed by atoms with Crippen molar-refractivity contribution in [3.8, 4) is 0 Å². The van der Waals surface area contributed by atoms with Crippen LogP contribution in [0.25, 0.3) is 0 Å². The van der Waals surface area contributed by atoms with Gasteiger partial charge in [-0.25, -0.2) is 0 Å². The van der Waals surface area contributed by atoms with Crippen LogP contribution in [-0.4, -0.2) is 49.3 Å². The highest BCUT2D eigenvalue weighted by Gasteiger charge is 2.35. The van der Waals surface area contributed by atoms with Crippen LogP contribution in [0.1, 0.15) is 158 Å². The summed E-state index contributed by atoms with van der Waals surface area (Å²) in [5, 5.41) is 0.368. The summed E-state index contributed by atoms with van der Waals surface area (Å²) in [6.45, 7) is 18.8. The van der Waals surface area contributed by atoms with Gasteiger partial charge >= 0.3 is 0 Å². The molecule has 1 aromatic carbocycles. The molecule has 0 aliphatic rings. The van der Waals surface area contributed by atoms with Crippen molar-refractivity contribution in [2.45, 2.75) is 158 Å². The molecule has 2 nitrogen and oxygen atoms in total. The van der Waals surface area contributed by atoms with Crippen molar-refractivity contribution in [1.29, 1.82) is 0 Å². The van der Waals surface area contributed by atoms with Crippen molar-refractivity contribution >= 4 is 28.2 Å². The van der Waals surface area contributed by atoms with Crippen LogP contribution in [0.5, 0.6) is 0 Å². The average Bonchev–Trinajstić information content (AvgIpc) is 3.04. The van der Waals surface area contributed by atoms with Crippen molar-refractivity contribution in [2.24, 2.45) is 0 Å². The molecule has 0 heterocycles. The lowest BCUT2D eigenvalue weighted by Gasteiger charge is -2.30. The first-order valence-electron chi connectivity index (χ1n) is 18.7. The Morgan fingerprint density at radius 3 is 0.744 bits per heavy atom. The van der Waals surface area contributed by atoms with E-state index >= 15 is 0 Å². The van der Waals surface area contributed by atoms with Gasteiger partial charge in [0.25, 0.3) is 0 Å². The Bertz CT molecular complexity index is 557. The molecule has 256 valence electrons. The molecule has 0 saturated heterocycles. The van der Waals surface area contributed by atoms with Gasteiger partial charge in [0.2, 0.25) is 0 Å². The zero-order chi connectivity index (χ0) is 32.7. The van der Waals surface area contributed by atoms with Crippen molar-refractivity contribution in [1.82, 2.24) is 0 Å². The maximum absolute atomic E-state index is 10.2. The monoisotopic (exact) mass is 659 g/mol. The predicted molar refractivity (Wildman–Crippen MR) is 205 cm³/mol. The number of benzene rings is 1. The Morgan fingerprint density at radius 2 is 0.605 bits per heavy atom. The third-order valence-electron chi connectivity index (χ3n) is 8.86. The molecule has 0 unspecified atom stereocenters. The van der Waals surface area contributed by atoms with E-state index in [0.717, 1.165) is 0 Å². The van der Waals surface area contributed by atoms with E-state index < -0.39 is 22.9 Å². The molecule has 0 atom stereocenters. The minimum Gasteiger partial charge on any atom is -0.838 e. The summed E-state index contributed by atoms with van der Waals surface area (Å²) < 4.78 is 0. The molecule has 0 radical (unpaired) electrons. The fourth-order valence-electron chi connectivity index (χ4n) is 5.84. The molecule has 43 heavy (non-hydrogen) atoms. The van der Waals surface area contributed by atoms with E-state index in [1.165, 1.54) is 103 Å². The highest BCUT2D eigenvalue weighted by Crippen LogP contribution is 2.62. The number of hydrogen-bond donors (Lipinski definition) is 0. The van der Waals surface area contributed by atoms with Crippen LogP contribution in [0.4, 0.5) is 0 Å². The summed E-state index contributed by atoms with van der Waals surface area (Å²) in [5.74, 6) is 0. The van der Waals surface area contributed by atoms with Crippen LogP contribution >= 0.6 is 22.9 Å². The first kappa shape index (κ1) is 45.6. The quantitative estimate of drug-likeness (QED) is 0.0982. The van der Waals surface area contributed by atoms with Gasteiger partial charge in [0.15, 0.2) is 0 Å². The van der Waals surface area contributed by atoms with Crippen LogP contribution in [0, 0.1) is 0 Å². The second kappa shape index (κ2) is 32.4. The van der Waals surface area contributed by atoms with Crippen LogP contribution in [0.15, 0.2) is 30.3 Å². The van der Waals surface area contributed by atoms with Crippen LogP contribution in [0.2, 0.25) is 0 Å². The first-order chi connectivity index (χ1) is 20.8. The predicted octanol–water partition coefficient (Wildman–Crippen LogP) is 11.8. The molecule has 0 amide bonds. The van der Waals surface area contributed by atoms with Gasteiger partial charge in [-0.2, -0.15) is 0 Å². The van der Waals surface area contributed by atoms with Gasteiger partial charge in [-0.15, -0.1) is 0 Å². The third kappa shape index (κ3) is 25.2. The van der Waals surface area contributed by atoms with Gasteiger partial charge < -0.3 is 9.79 Å². The summed E-state index contributed by atoms with van der Waals surface area (Å²) in [6, 6.07) is 8.29. The van der Waals surface area contributed by atoms with Crippen molar-refractivity contribution in [3.63, 3.8) is 0 Å². The molecule has 1 aromatic rings. The first-order valence-corrected chi connectivity index (χ1v) is 24.9. The normalized spacial score (nSPS) is 11.6. The highest BCUT2D eigenvalue weighted by molar-refractivity contribution is 7.76. The maximum Gasteiger partial charge on any atom is 0.0594 e. The van der Waals surface area contributed by atoms with Gasteiger partial charge in [-0.1, -0.05) is 142 Å². The van der Waals surface area contributed by atoms with Crippen LogP contribution in [0.3, 0.4) is 0 Å². The molecule has 0 spiro atoms. The van der Waals surface area contributed by atoms with Gasteiger partial charge in [0, 0.05) is 14.5 Å². The van der Waals surface area contributed by atoms with E-state index in [1.807, 2.05) is 0 Å². The fourth-order valence-corrected chi connectivity index (χ4v) is 16.8. The lowest BCUT2D eigenvalue weighted by molar-refractivity contribution is -0.287. The van der Waals surface area contributed by atoms with Crippen LogP contribution in [-0.2, 0) is 0 Å². The zero-order valence-corrected chi connectivity index (χ0v) is 33.2. The fraction of sp³-hybridized carbons (Fsp3) is 0.842. The summed E-state index contributed by atoms with van der Waals surface area (Å²) in [7, 11) is -3.52. The molecular weight excluding hydrogens is 581 g/mol. The molecule has 0 aliphatic heterocycles. The molecule has 1 rings (SSSR count). The molecule has 0 aliphatic carbocycles. The topological polar surface area (TPSA) is 46.1 Å². The highest BCUT2D eigenvalue weighted by atomic mass is 31.2. The van der Waals surface area contributed by atoms with E-state index in [9.17, 15) is 9.79 Å². The minimum atomic E-state index is -2.40. The number of hydrogen-bond acceptors (Lipinski definition) is 2. The SMILES string of the molecule is CCCC[P+](CCCC)(CCCC)CCCC.CCCC[P+](CCCC)(CCCC)CCCC.[O-]P([O-])c1ccccc1. The van der Waals surface area contributed by atoms with Crippen molar-refractivity contribution in [2.75, 3.05) is 49.3 Å². The van der Waals surface area contributed by atoms with Gasteiger partial charge in [-0.3, -0.25) is 8.38 Å². The standard InChI is InChI=1S/2C16H36P.C6H5O2P/c2*1-5-9-13-17(14-10-6-2,15-11-7-3)16-12-8-4;7-9(8)6-4-2-1-3-5-6/h2*5-16H2,1-4H3;1-5H/q2*+1;-2. The average molecular weight is 659 g/mol. The minimum absolute atomic E-state index is 0.368. The smallest absolute Gasteiger partial charge is 0.0594 e. The summed E-state index contributed by atoms with van der Waals surface area (Å²) in [5.41, 5.74) is 0. The number of rotatable bonds is 25. The molecule has 0 bridgehead atoms. The van der Waals surface area contributed by atoms with Crippen molar-refractivity contribution in [3.05, 3.63) is 30.3 Å². The molecule has 0 fully saturated rings. The van der Waals surface area contributed by atoms with Crippen LogP contribution < -0.4 is 15.1 Å². The molecule has 0 saturated carbocycles. The lowest BCUT2D eigenvalue weighted by Crippen LogP contribution is -2.18. The Labute approximate surface area is 275 Å². The summed E-state index contributed by atoms with van der Waals surface area (Å²) in [6.07, 6.45) is 35.9. The largest absolute Gasteiger partial charge is 0.838 e. The molecular formula is C38H77O2P3.